The van der Waals surface area contributed by atoms with E-state index >= 15 is 0 Å². The van der Waals surface area contributed by atoms with Crippen molar-refractivity contribution < 1.29 is 30.7 Å². The molecule has 0 aliphatic rings. The third kappa shape index (κ3) is 5.07. The molecule has 3 N–H and O–H groups in total. The lowest BCUT2D eigenvalue weighted by atomic mass is 10.00. The zero-order valence-corrected chi connectivity index (χ0v) is 16.9. The summed E-state index contributed by atoms with van der Waals surface area (Å²) in [4.78, 5) is 12.6. The van der Waals surface area contributed by atoms with Gasteiger partial charge >= 0.3 is 16.3 Å². The molecule has 0 saturated carbocycles. The van der Waals surface area contributed by atoms with Gasteiger partial charge in [0.25, 0.3) is 5.91 Å². The lowest BCUT2D eigenvalue weighted by molar-refractivity contribution is -0.137. The second-order valence-electron chi connectivity index (χ2n) is 6.12. The van der Waals surface area contributed by atoms with Gasteiger partial charge in [0.15, 0.2) is 0 Å². The number of benzene rings is 2. The zero-order valence-electron chi connectivity index (χ0n) is 15.2. The van der Waals surface area contributed by atoms with Crippen molar-refractivity contribution >= 4 is 43.4 Å². The first-order chi connectivity index (χ1) is 13.9. The molecular formula is C18H14F3N3O4S2. The number of rotatable bonds is 4. The molecule has 2 aromatic carbocycles. The Hall–Kier alpha value is -3.12. The fourth-order valence-electron chi connectivity index (χ4n) is 2.60. The minimum atomic E-state index is -4.48. The number of hydrogen-bond donors (Lipinski definition) is 2. The molecule has 0 unspecified atom stereocenters. The quantitative estimate of drug-likeness (QED) is 0.354. The standard InChI is InChI=1S/C18H14F3N3O4S2/c1-30(26,27)28-24-17(22)23-16(25)15-9-13-12(6-3-7-14(13)29-15)10-4-2-5-11(8-10)18(19,20)21/h2-9H,1H3,(H3,22,23,24,25). The molecule has 3 aromatic rings. The predicted octanol–water partition coefficient (Wildman–Crippen LogP) is 3.52. The van der Waals surface area contributed by atoms with Gasteiger partial charge in [0, 0.05) is 10.1 Å². The Balaban J connectivity index is 1.94. The summed E-state index contributed by atoms with van der Waals surface area (Å²) >= 11 is 1.09. The van der Waals surface area contributed by atoms with Crippen molar-refractivity contribution in [3.8, 4) is 11.1 Å². The highest BCUT2D eigenvalue weighted by atomic mass is 32.2. The Morgan fingerprint density at radius 3 is 2.53 bits per heavy atom. The van der Waals surface area contributed by atoms with E-state index in [1.165, 1.54) is 12.1 Å². The Morgan fingerprint density at radius 2 is 1.87 bits per heavy atom. The summed E-state index contributed by atoms with van der Waals surface area (Å²) in [5, 5.41) is 5.84. The molecule has 30 heavy (non-hydrogen) atoms. The summed E-state index contributed by atoms with van der Waals surface area (Å²) < 4.78 is 65.7. The van der Waals surface area contributed by atoms with Gasteiger partial charge in [-0.1, -0.05) is 24.3 Å². The molecule has 7 nitrogen and oxygen atoms in total. The second kappa shape index (κ2) is 7.95. The first-order valence-corrected chi connectivity index (χ1v) is 10.8. The molecule has 3 rings (SSSR count). The third-order valence-electron chi connectivity index (χ3n) is 3.80. The maximum atomic E-state index is 13.0. The number of alkyl halides is 3. The number of carbonyl (C=O) groups is 1. The van der Waals surface area contributed by atoms with Gasteiger partial charge in [-0.3, -0.25) is 14.4 Å². The number of nitrogens with one attached hydrogen (secondary N) is 1. The van der Waals surface area contributed by atoms with Crippen LogP contribution in [-0.2, 0) is 20.6 Å². The summed E-state index contributed by atoms with van der Waals surface area (Å²) in [7, 11) is -3.89. The van der Waals surface area contributed by atoms with Gasteiger partial charge in [0.05, 0.1) is 16.7 Å². The van der Waals surface area contributed by atoms with Crippen molar-refractivity contribution in [2.24, 2.45) is 10.9 Å². The van der Waals surface area contributed by atoms with E-state index in [1.54, 1.807) is 24.3 Å². The number of thiophene rings is 1. The van der Waals surface area contributed by atoms with Crippen LogP contribution in [0.3, 0.4) is 0 Å². The number of amides is 1. The number of halogens is 3. The van der Waals surface area contributed by atoms with Gasteiger partial charge in [-0.15, -0.1) is 11.3 Å². The van der Waals surface area contributed by atoms with Crippen LogP contribution >= 0.6 is 11.3 Å². The molecule has 0 radical (unpaired) electrons. The van der Waals surface area contributed by atoms with Crippen LogP contribution in [0, 0.1) is 0 Å². The zero-order chi connectivity index (χ0) is 22.1. The monoisotopic (exact) mass is 457 g/mol. The van der Waals surface area contributed by atoms with Gasteiger partial charge in [-0.05, 0) is 40.5 Å². The number of carbonyl (C=O) groups excluding carboxylic acids is 1. The molecule has 0 fully saturated rings. The predicted molar refractivity (Wildman–Crippen MR) is 107 cm³/mol. The normalized spacial score (nSPS) is 12.7. The Bertz CT molecular complexity index is 1250. The van der Waals surface area contributed by atoms with E-state index in [9.17, 15) is 26.4 Å². The lowest BCUT2D eigenvalue weighted by Crippen LogP contribution is -2.36. The van der Waals surface area contributed by atoms with E-state index in [2.05, 4.69) is 14.8 Å². The smallest absolute Gasteiger partial charge is 0.367 e. The highest BCUT2D eigenvalue weighted by molar-refractivity contribution is 7.85. The molecule has 0 aliphatic heterocycles. The van der Waals surface area contributed by atoms with Gasteiger partial charge < -0.3 is 5.73 Å². The summed E-state index contributed by atoms with van der Waals surface area (Å²) in [6.07, 6.45) is -3.72. The summed E-state index contributed by atoms with van der Waals surface area (Å²) in [5.41, 5.74) is 5.51. The SMILES string of the molecule is CS(=O)(=O)ON=C(N)NC(=O)c1cc2c(-c3cccc(C(F)(F)F)c3)cccc2s1. The van der Waals surface area contributed by atoms with Crippen LogP contribution in [0.2, 0.25) is 0 Å². The van der Waals surface area contributed by atoms with Crippen LogP contribution in [0.25, 0.3) is 21.2 Å². The van der Waals surface area contributed by atoms with Crippen LogP contribution in [0.4, 0.5) is 13.2 Å². The molecule has 158 valence electrons. The van der Waals surface area contributed by atoms with Crippen molar-refractivity contribution in [1.29, 1.82) is 0 Å². The van der Waals surface area contributed by atoms with Crippen LogP contribution in [0.1, 0.15) is 15.2 Å². The molecule has 0 spiro atoms. The van der Waals surface area contributed by atoms with Crippen molar-refractivity contribution in [1.82, 2.24) is 5.32 Å². The van der Waals surface area contributed by atoms with E-state index in [4.69, 9.17) is 5.73 Å². The number of nitrogens with zero attached hydrogens (tertiary/aromatic N) is 1. The molecule has 0 aliphatic carbocycles. The minimum absolute atomic E-state index is 0.196. The first kappa shape index (κ1) is 21.6. The minimum Gasteiger partial charge on any atom is -0.367 e. The molecule has 1 amide bonds. The van der Waals surface area contributed by atoms with Crippen LogP contribution in [-0.4, -0.2) is 26.5 Å². The maximum Gasteiger partial charge on any atom is 0.416 e. The van der Waals surface area contributed by atoms with Gasteiger partial charge in [-0.25, -0.2) is 0 Å². The summed E-state index contributed by atoms with van der Waals surface area (Å²) in [6.45, 7) is 0. The molecule has 12 heteroatoms. The largest absolute Gasteiger partial charge is 0.416 e. The van der Waals surface area contributed by atoms with Crippen LogP contribution in [0.5, 0.6) is 0 Å². The molecule has 1 aromatic heterocycles. The van der Waals surface area contributed by atoms with Crippen molar-refractivity contribution in [3.63, 3.8) is 0 Å². The van der Waals surface area contributed by atoms with E-state index in [0.717, 1.165) is 29.7 Å². The van der Waals surface area contributed by atoms with Crippen molar-refractivity contribution in [2.75, 3.05) is 6.26 Å². The number of fused-ring (bicyclic) bond motifs is 1. The van der Waals surface area contributed by atoms with Crippen molar-refractivity contribution in [2.45, 2.75) is 6.18 Å². The van der Waals surface area contributed by atoms with E-state index in [-0.39, 0.29) is 4.88 Å². The molecule has 1 heterocycles. The molecule has 0 atom stereocenters. The second-order valence-corrected chi connectivity index (χ2v) is 8.76. The lowest BCUT2D eigenvalue weighted by Gasteiger charge is -2.09. The number of nitrogens with two attached hydrogens (primary N) is 1. The Labute approximate surface area is 173 Å². The first-order valence-electron chi connectivity index (χ1n) is 8.18. The highest BCUT2D eigenvalue weighted by Gasteiger charge is 2.30. The van der Waals surface area contributed by atoms with Crippen molar-refractivity contribution in [3.05, 3.63) is 59.0 Å². The molecule has 0 bridgehead atoms. The Kier molecular flexibility index (Phi) is 5.72. The maximum absolute atomic E-state index is 13.0. The topological polar surface area (TPSA) is 111 Å². The fourth-order valence-corrected chi connectivity index (χ4v) is 3.79. The summed E-state index contributed by atoms with van der Waals surface area (Å²) in [5.74, 6) is -1.24. The third-order valence-corrected chi connectivity index (χ3v) is 5.24. The number of hydrogen-bond acceptors (Lipinski definition) is 6. The Morgan fingerprint density at radius 1 is 1.17 bits per heavy atom. The molecular weight excluding hydrogens is 443 g/mol. The van der Waals surface area contributed by atoms with Gasteiger partial charge in [-0.2, -0.15) is 21.6 Å². The number of guanidine groups is 1. The highest BCUT2D eigenvalue weighted by Crippen LogP contribution is 2.37. The van der Waals surface area contributed by atoms with Gasteiger partial charge in [0.2, 0.25) is 5.96 Å². The van der Waals surface area contributed by atoms with Crippen LogP contribution < -0.4 is 11.1 Å². The average molecular weight is 457 g/mol. The fraction of sp³-hybridized carbons (Fsp3) is 0.111. The van der Waals surface area contributed by atoms with E-state index in [0.29, 0.717) is 21.2 Å². The van der Waals surface area contributed by atoms with E-state index in [1.807, 2.05) is 0 Å². The number of oxime groups is 1. The average Bonchev–Trinajstić information content (AvgIpc) is 3.10. The summed E-state index contributed by atoms with van der Waals surface area (Å²) in [6, 6.07) is 11.4. The van der Waals surface area contributed by atoms with E-state index < -0.39 is 33.7 Å². The molecule has 0 saturated heterocycles. The van der Waals surface area contributed by atoms with Crippen LogP contribution in [0.15, 0.2) is 53.7 Å². The van der Waals surface area contributed by atoms with Gasteiger partial charge in [0.1, 0.15) is 0 Å².